The summed E-state index contributed by atoms with van der Waals surface area (Å²) < 4.78 is 85.3. The van der Waals surface area contributed by atoms with Crippen LogP contribution >= 0.6 is 0 Å². The van der Waals surface area contributed by atoms with Gasteiger partial charge in [0.05, 0.1) is 51.3 Å². The van der Waals surface area contributed by atoms with Gasteiger partial charge in [-0.1, -0.05) is 25.0 Å². The van der Waals surface area contributed by atoms with Crippen LogP contribution in [0.15, 0.2) is 92.4 Å². The first-order valence-electron chi connectivity index (χ1n) is 41.7. The summed E-state index contributed by atoms with van der Waals surface area (Å²) in [5.74, 6) is -9.06. The quantitative estimate of drug-likeness (QED) is 0.00880. The molecule has 144 heavy (non-hydrogen) atoms. The smallest absolute Gasteiger partial charge is 0.456 e. The number of unbranched alkanes of at least 4 members (excludes halogenated alkanes) is 4. The molecular formula is C75H100N12O57. The predicted molar refractivity (Wildman–Crippen MR) is 448 cm³/mol. The number of carbonyl (C=O) groups is 10. The van der Waals surface area contributed by atoms with Crippen LogP contribution in [0.1, 0.15) is 167 Å². The van der Waals surface area contributed by atoms with E-state index in [1.54, 1.807) is 12.1 Å². The van der Waals surface area contributed by atoms with Crippen LogP contribution in [0.25, 0.3) is 0 Å². The van der Waals surface area contributed by atoms with Crippen molar-refractivity contribution in [3.8, 4) is 5.75 Å². The van der Waals surface area contributed by atoms with Crippen molar-refractivity contribution in [1.29, 1.82) is 0 Å². The number of ether oxygens (including phenoxy) is 8. The van der Waals surface area contributed by atoms with Crippen molar-refractivity contribution in [3.05, 3.63) is 211 Å². The maximum atomic E-state index is 12.2. The average molecular weight is 2080 g/mol. The van der Waals surface area contributed by atoms with Crippen molar-refractivity contribution in [2.45, 2.75) is 227 Å². The largest absolute Gasteiger partial charge is 0.519 e. The Morgan fingerprint density at radius 1 is 0.340 bits per heavy atom. The molecule has 802 valence electrons. The highest BCUT2D eigenvalue weighted by molar-refractivity contribution is 5.85. The molecule has 8 unspecified atom stereocenters. The number of hydrogen-bond acceptors (Lipinski definition) is 57. The number of carbonyl (C=O) groups excluding carboxylic acids is 10. The number of nitrogens with zero attached hydrogens (tertiary/aromatic N) is 7. The zero-order valence-corrected chi connectivity index (χ0v) is 77.2. The maximum absolute atomic E-state index is 12.2. The summed E-state index contributed by atoms with van der Waals surface area (Å²) in [6.45, 7) is 6.41. The third kappa shape index (κ3) is 55.9. The van der Waals surface area contributed by atoms with Gasteiger partial charge in [-0.2, -0.15) is 0 Å². The van der Waals surface area contributed by atoms with Crippen LogP contribution in [0.5, 0.6) is 5.75 Å². The molecule has 0 saturated carbocycles. The number of nitrogens with one attached hydrogen (secondary N) is 5. The van der Waals surface area contributed by atoms with Gasteiger partial charge in [-0.05, 0) is 131 Å². The molecule has 5 amide bonds. The number of aliphatic hydroxyl groups excluding tert-OH is 3. The number of esters is 5. The van der Waals surface area contributed by atoms with Crippen LogP contribution in [0.2, 0.25) is 0 Å². The molecule has 8 N–H and O–H groups in total. The second-order valence-electron chi connectivity index (χ2n) is 28.4. The summed E-state index contributed by atoms with van der Waals surface area (Å²) in [5, 5.41) is 104. The Morgan fingerprint density at radius 3 is 1.03 bits per heavy atom. The molecule has 69 nitrogen and oxygen atoms in total. The van der Waals surface area contributed by atoms with Gasteiger partial charge in [0, 0.05) is 19.3 Å². The van der Waals surface area contributed by atoms with Gasteiger partial charge in [0.25, 0.3) is 35.6 Å². The van der Waals surface area contributed by atoms with Gasteiger partial charge in [0.2, 0.25) is 11.8 Å². The van der Waals surface area contributed by atoms with Gasteiger partial charge in [0.15, 0.2) is 109 Å². The van der Waals surface area contributed by atoms with E-state index in [1.165, 1.54) is 67.5 Å². The van der Waals surface area contributed by atoms with Crippen LogP contribution < -0.4 is 60.4 Å². The molecule has 6 aromatic rings. The highest BCUT2D eigenvalue weighted by atomic mass is 17.0. The molecule has 5 heterocycles. The summed E-state index contributed by atoms with van der Waals surface area (Å²) in [5.41, 5.74) is 0.844. The molecule has 0 saturated heterocycles. The predicted octanol–water partition coefficient (Wildman–Crippen LogP) is 1.45. The molecule has 5 aromatic heterocycles. The van der Waals surface area contributed by atoms with E-state index in [0.29, 0.717) is 32.1 Å². The Bertz CT molecular complexity index is 5420. The van der Waals surface area contributed by atoms with Crippen LogP contribution in [0.4, 0.5) is 14.4 Å². The molecule has 1 aromatic carbocycles. The molecule has 0 radical (unpaired) electrons. The van der Waals surface area contributed by atoms with Gasteiger partial charge in [-0.25, -0.2) is 52.7 Å². The Labute approximate surface area is 802 Å². The minimum Gasteiger partial charge on any atom is -0.456 e. The molecule has 0 aliphatic heterocycles. The van der Waals surface area contributed by atoms with E-state index >= 15 is 0 Å². The molecule has 6 rings (SSSR count). The van der Waals surface area contributed by atoms with Crippen molar-refractivity contribution >= 4 is 59.9 Å². The summed E-state index contributed by atoms with van der Waals surface area (Å²) in [7, 11) is 0. The van der Waals surface area contributed by atoms with Gasteiger partial charge in [-0.15, -0.1) is 70.8 Å². The highest BCUT2D eigenvalue weighted by Gasteiger charge is 2.33. The van der Waals surface area contributed by atoms with Crippen LogP contribution in [-0.4, -0.2) is 219 Å². The summed E-state index contributed by atoms with van der Waals surface area (Å²) >= 11 is 0. The van der Waals surface area contributed by atoms with Crippen molar-refractivity contribution in [2.75, 3.05) is 59.3 Å². The lowest BCUT2D eigenvalue weighted by atomic mass is 10.1. The molecule has 0 aliphatic carbocycles. The van der Waals surface area contributed by atoms with Crippen molar-refractivity contribution < 1.29 is 215 Å². The first kappa shape index (κ1) is 123. The average Bonchev–Trinajstić information content (AvgIpc) is 1.66. The van der Waals surface area contributed by atoms with Gasteiger partial charge < -0.3 is 158 Å². The van der Waals surface area contributed by atoms with E-state index in [9.17, 15) is 158 Å². The van der Waals surface area contributed by atoms with Crippen molar-refractivity contribution in [1.82, 2.24) is 26.6 Å². The fourth-order valence-corrected chi connectivity index (χ4v) is 10.2. The van der Waals surface area contributed by atoms with E-state index < -0.39 is 213 Å². The van der Waals surface area contributed by atoms with E-state index in [2.05, 4.69) is 105 Å². The number of aryl methyl sites for hydroxylation is 6. The van der Waals surface area contributed by atoms with Crippen LogP contribution in [0.3, 0.4) is 0 Å². The number of rotatable bonds is 61. The fourth-order valence-electron chi connectivity index (χ4n) is 10.2. The minimum absolute atomic E-state index is 0.000280. The Hall–Kier alpha value is -17.3. The summed E-state index contributed by atoms with van der Waals surface area (Å²) in [6.07, 6.45) is -5.61. The van der Waals surface area contributed by atoms with Crippen molar-refractivity contribution in [3.63, 3.8) is 0 Å². The molecular weight excluding hydrogens is 1980 g/mol. The van der Waals surface area contributed by atoms with Gasteiger partial charge in [-0.3, -0.25) is 19.2 Å². The van der Waals surface area contributed by atoms with E-state index in [-0.39, 0.29) is 174 Å². The normalized spacial score (nSPS) is 12.1. The van der Waals surface area contributed by atoms with Crippen LogP contribution in [-0.2, 0) is 140 Å². The topological polar surface area (TPSA) is 949 Å². The Morgan fingerprint density at radius 2 is 0.660 bits per heavy atom. The number of benzene rings is 1. The van der Waals surface area contributed by atoms with E-state index in [4.69, 9.17) is 37.6 Å². The van der Waals surface area contributed by atoms with E-state index in [0.717, 1.165) is 5.56 Å². The molecule has 0 aliphatic rings. The first-order chi connectivity index (χ1) is 67.9. The number of aliphatic hydroxyl groups is 3. The van der Waals surface area contributed by atoms with E-state index in [1.807, 2.05) is 0 Å². The second-order valence-corrected chi connectivity index (χ2v) is 28.4. The fraction of sp³-hybridized carbons (Fsp3) is 0.587. The summed E-state index contributed by atoms with van der Waals surface area (Å²) in [4.78, 5) is 273. The molecule has 0 bridgehead atoms. The standard InChI is InChI=1S/C19H22N2O11.C16H23N3O14.C15H22N2O10.C14H19N3O12.C11H14N2O10/c1-11(22)16(17(23)28-10-15-12(2)30-19(25)32-15)20-18(24)31-14-7-5-13(6-8-14)4-3-9-29-21(26)27;1-9(20)13(14(21)29-8-12-10(2)31-16(23)32-12)17-15(22)28-6-4-3-5-11(33-19(26)27)7-30-18(24)25;1-9(18)13(14(20)24-8-11-10(2)26-15(21)27-11)16-12(19)6-4-3-5-7-25-17(22)23;1-9-11(28-14(20)27-9)8-25-13(19)6-15-12(18)5-3-2-4-10(29-17(23)24)7-26-16(21)22;1-7-8(23-11(16)22-7)6-20-9(14)5-12-10(15)19-3-2-4-21-13(17)18/h5-8,11,16,22H,3-4,9-10H2,1-2H3,(H,20,24);9,11,13,20H,3-8H2,1-2H3,(H,17,22);9,13,18H,3-8H2,1-2H3,(H,16,19);10H,2-8H2,1H3,(H,15,18);2-6H2,1H3,(H,12,15). The highest BCUT2D eigenvalue weighted by Crippen LogP contribution is 2.19. The first-order valence-corrected chi connectivity index (χ1v) is 41.7. The minimum atomic E-state index is -1.49. The second kappa shape index (κ2) is 67.0. The number of alkyl carbamates (subject to hydrolysis) is 2. The maximum Gasteiger partial charge on any atom is 0.519 e. The summed E-state index contributed by atoms with van der Waals surface area (Å²) in [6, 6.07) is 2.10. The zero-order chi connectivity index (χ0) is 108. The van der Waals surface area contributed by atoms with Gasteiger partial charge >= 0.3 is 77.2 Å². The number of hydrogen-bond donors (Lipinski definition) is 8. The third-order valence-corrected chi connectivity index (χ3v) is 17.3. The monoisotopic (exact) mass is 2080 g/mol. The third-order valence-electron chi connectivity index (χ3n) is 17.3. The molecule has 0 fully saturated rings. The Balaban J connectivity index is 0.000000611. The Kier molecular flexibility index (Phi) is 57.1. The van der Waals surface area contributed by atoms with Crippen LogP contribution in [0, 0.1) is 105 Å². The molecule has 8 atom stereocenters. The lowest BCUT2D eigenvalue weighted by Crippen LogP contribution is -2.49. The zero-order valence-electron chi connectivity index (χ0n) is 77.2. The number of amides is 5. The van der Waals surface area contributed by atoms with Crippen molar-refractivity contribution in [2.24, 2.45) is 0 Å². The molecule has 0 spiro atoms. The lowest BCUT2D eigenvalue weighted by molar-refractivity contribution is -0.790. The molecule has 69 heteroatoms. The van der Waals surface area contributed by atoms with Gasteiger partial charge in [0.1, 0.15) is 44.3 Å². The SMILES string of the molecule is Cc1oc(=O)oc1COC(=O)C(NC(=O)CCCCCO[N+](=O)[O-])C(C)O.Cc1oc(=O)oc1COC(=O)C(NC(=O)OCCCCC(CO[N+](=O)[O-])O[N+](=O)[O-])C(C)O.Cc1oc(=O)oc1COC(=O)C(NC(=O)Oc1ccc(CCCO[N+](=O)[O-])cc1)C(C)O.Cc1oc(=O)oc1COC(=O)CNC(=O)CCCCC(CO[N+](=O)[O-])O[N+](=O)[O-].Cc1oc(=O)oc1COC(=O)CNC(=O)OCCCO[N+](=O)[O-]. The lowest BCUT2D eigenvalue weighted by Gasteiger charge is -2.19.